The Kier molecular flexibility index (Phi) is 2.63. The molecule has 0 spiro atoms. The second-order valence-corrected chi connectivity index (χ2v) is 4.93. The molecule has 0 N–H and O–H groups in total. The van der Waals surface area contributed by atoms with E-state index in [4.69, 9.17) is 11.6 Å². The van der Waals surface area contributed by atoms with Gasteiger partial charge < -0.3 is 9.80 Å². The van der Waals surface area contributed by atoms with Gasteiger partial charge >= 0.3 is 0 Å². The van der Waals surface area contributed by atoms with Crippen LogP contribution in [0, 0.1) is 0 Å². The van der Waals surface area contributed by atoms with Gasteiger partial charge in [-0.25, -0.2) is 4.98 Å². The zero-order chi connectivity index (χ0) is 12.7. The molecule has 0 bridgehead atoms. The average molecular weight is 260 g/mol. The van der Waals surface area contributed by atoms with Crippen molar-refractivity contribution in [3.8, 4) is 0 Å². The summed E-state index contributed by atoms with van der Waals surface area (Å²) in [6.45, 7) is 0.834. The molecule has 0 radical (unpaired) electrons. The summed E-state index contributed by atoms with van der Waals surface area (Å²) >= 11 is 6.01. The van der Waals surface area contributed by atoms with Crippen LogP contribution in [0.25, 0.3) is 0 Å². The van der Waals surface area contributed by atoms with Gasteiger partial charge in [0.2, 0.25) is 0 Å². The highest BCUT2D eigenvalue weighted by atomic mass is 35.5. The van der Waals surface area contributed by atoms with Crippen molar-refractivity contribution in [1.82, 2.24) is 4.98 Å². The van der Waals surface area contributed by atoms with Crippen molar-refractivity contribution in [3.63, 3.8) is 0 Å². The maximum atomic E-state index is 6.01. The fourth-order valence-electron chi connectivity index (χ4n) is 2.42. The lowest BCUT2D eigenvalue weighted by molar-refractivity contribution is 0.927. The third kappa shape index (κ3) is 1.71. The molecular formula is C14H14ClN3. The third-order valence-corrected chi connectivity index (χ3v) is 3.56. The standard InChI is InChI=1S/C14H14ClN3/c1-17-9-10-8-16-14(15)7-13(10)18(2)12-6-4-3-5-11(12)17/h3-8H,9H2,1-2H3. The van der Waals surface area contributed by atoms with Gasteiger partial charge in [-0.15, -0.1) is 0 Å². The summed E-state index contributed by atoms with van der Waals surface area (Å²) in [7, 11) is 4.16. The van der Waals surface area contributed by atoms with Gasteiger partial charge in [-0.1, -0.05) is 23.7 Å². The highest BCUT2D eigenvalue weighted by Gasteiger charge is 2.20. The number of nitrogens with zero attached hydrogens (tertiary/aromatic N) is 3. The lowest BCUT2D eigenvalue weighted by atomic mass is 10.2. The van der Waals surface area contributed by atoms with Gasteiger partial charge in [0, 0.05) is 32.4 Å². The van der Waals surface area contributed by atoms with Gasteiger partial charge in [-0.3, -0.25) is 0 Å². The maximum Gasteiger partial charge on any atom is 0.131 e. The Labute approximate surface area is 112 Å². The summed E-state index contributed by atoms with van der Waals surface area (Å²) in [4.78, 5) is 8.58. The van der Waals surface area contributed by atoms with Gasteiger partial charge in [-0.05, 0) is 18.2 Å². The molecule has 4 heteroatoms. The number of aromatic nitrogens is 1. The number of anilines is 3. The summed E-state index contributed by atoms with van der Waals surface area (Å²) in [5.41, 5.74) is 4.70. The molecule has 3 rings (SSSR count). The lowest BCUT2D eigenvalue weighted by Crippen LogP contribution is -2.15. The number of hydrogen-bond acceptors (Lipinski definition) is 3. The van der Waals surface area contributed by atoms with E-state index in [9.17, 15) is 0 Å². The Balaban J connectivity index is 2.22. The predicted molar refractivity (Wildman–Crippen MR) is 75.9 cm³/mol. The molecule has 0 fully saturated rings. The van der Waals surface area contributed by atoms with Crippen molar-refractivity contribution in [2.45, 2.75) is 6.54 Å². The van der Waals surface area contributed by atoms with Crippen LogP contribution in [0.1, 0.15) is 5.56 Å². The first kappa shape index (κ1) is 11.4. The van der Waals surface area contributed by atoms with Crippen molar-refractivity contribution in [2.24, 2.45) is 0 Å². The van der Waals surface area contributed by atoms with E-state index >= 15 is 0 Å². The molecule has 2 heterocycles. The number of benzene rings is 1. The van der Waals surface area contributed by atoms with Crippen molar-refractivity contribution in [1.29, 1.82) is 0 Å². The molecule has 1 aliphatic rings. The molecule has 0 amide bonds. The van der Waals surface area contributed by atoms with Crippen LogP contribution in [0.3, 0.4) is 0 Å². The van der Waals surface area contributed by atoms with Gasteiger partial charge in [0.1, 0.15) is 5.15 Å². The summed E-state index contributed by atoms with van der Waals surface area (Å²) in [5, 5.41) is 0.530. The Hall–Kier alpha value is -1.74. The predicted octanol–water partition coefficient (Wildman–Crippen LogP) is 3.45. The van der Waals surface area contributed by atoms with E-state index < -0.39 is 0 Å². The summed E-state index contributed by atoms with van der Waals surface area (Å²) in [5.74, 6) is 0. The van der Waals surface area contributed by atoms with Crippen LogP contribution in [0.15, 0.2) is 36.5 Å². The number of fused-ring (bicyclic) bond motifs is 2. The SMILES string of the molecule is CN1Cc2cnc(Cl)cc2N(C)c2ccccc21. The van der Waals surface area contributed by atoms with Crippen LogP contribution in [0.4, 0.5) is 17.1 Å². The Bertz CT molecular complexity index is 597. The maximum absolute atomic E-state index is 6.01. The molecule has 92 valence electrons. The molecule has 0 saturated carbocycles. The van der Waals surface area contributed by atoms with Gasteiger partial charge in [0.25, 0.3) is 0 Å². The quantitative estimate of drug-likeness (QED) is 0.676. The first-order chi connectivity index (χ1) is 8.66. The van der Waals surface area contributed by atoms with Gasteiger partial charge in [0.15, 0.2) is 0 Å². The van der Waals surface area contributed by atoms with E-state index in [1.165, 1.54) is 16.9 Å². The van der Waals surface area contributed by atoms with Crippen molar-refractivity contribution in [2.75, 3.05) is 23.9 Å². The zero-order valence-corrected chi connectivity index (χ0v) is 11.1. The summed E-state index contributed by atoms with van der Waals surface area (Å²) in [6, 6.07) is 10.3. The van der Waals surface area contributed by atoms with E-state index in [-0.39, 0.29) is 0 Å². The molecular weight excluding hydrogens is 246 g/mol. The minimum absolute atomic E-state index is 0.530. The van der Waals surface area contributed by atoms with Crippen molar-refractivity contribution in [3.05, 3.63) is 47.2 Å². The van der Waals surface area contributed by atoms with Crippen molar-refractivity contribution >= 4 is 28.7 Å². The van der Waals surface area contributed by atoms with E-state index in [1.54, 1.807) is 0 Å². The van der Waals surface area contributed by atoms with Crippen LogP contribution in [0.2, 0.25) is 5.15 Å². The van der Waals surface area contributed by atoms with E-state index in [0.29, 0.717) is 5.15 Å². The molecule has 3 nitrogen and oxygen atoms in total. The normalized spacial score (nSPS) is 13.9. The third-order valence-electron chi connectivity index (χ3n) is 3.35. The van der Waals surface area contributed by atoms with Crippen LogP contribution < -0.4 is 9.80 Å². The molecule has 1 aromatic heterocycles. The highest BCUT2D eigenvalue weighted by molar-refractivity contribution is 6.29. The van der Waals surface area contributed by atoms with Gasteiger partial charge in [0.05, 0.1) is 17.1 Å². The van der Waals surface area contributed by atoms with E-state index in [0.717, 1.165) is 12.2 Å². The molecule has 1 aliphatic heterocycles. The molecule has 0 unspecified atom stereocenters. The van der Waals surface area contributed by atoms with Crippen LogP contribution in [-0.4, -0.2) is 19.1 Å². The molecule has 0 saturated heterocycles. The van der Waals surface area contributed by atoms with Crippen LogP contribution >= 0.6 is 11.6 Å². The first-order valence-electron chi connectivity index (χ1n) is 5.85. The van der Waals surface area contributed by atoms with Crippen molar-refractivity contribution < 1.29 is 0 Å². The fourth-order valence-corrected chi connectivity index (χ4v) is 2.58. The monoisotopic (exact) mass is 259 g/mol. The first-order valence-corrected chi connectivity index (χ1v) is 6.23. The minimum atomic E-state index is 0.530. The Morgan fingerprint density at radius 3 is 2.61 bits per heavy atom. The molecule has 1 aromatic carbocycles. The molecule has 18 heavy (non-hydrogen) atoms. The van der Waals surface area contributed by atoms with Gasteiger partial charge in [-0.2, -0.15) is 0 Å². The summed E-state index contributed by atoms with van der Waals surface area (Å²) in [6.07, 6.45) is 1.86. The lowest BCUT2D eigenvalue weighted by Gasteiger charge is -2.22. The van der Waals surface area contributed by atoms with Crippen LogP contribution in [0.5, 0.6) is 0 Å². The zero-order valence-electron chi connectivity index (χ0n) is 10.4. The number of rotatable bonds is 0. The Morgan fingerprint density at radius 1 is 1.11 bits per heavy atom. The molecule has 0 atom stereocenters. The van der Waals surface area contributed by atoms with Crippen LogP contribution in [-0.2, 0) is 6.54 Å². The van der Waals surface area contributed by atoms with E-state index in [2.05, 4.69) is 53.1 Å². The smallest absolute Gasteiger partial charge is 0.131 e. The second-order valence-electron chi connectivity index (χ2n) is 4.54. The molecule has 2 aromatic rings. The minimum Gasteiger partial charge on any atom is -0.368 e. The average Bonchev–Trinajstić information content (AvgIpc) is 2.48. The summed E-state index contributed by atoms with van der Waals surface area (Å²) < 4.78 is 0. The fraction of sp³-hybridized carbons (Fsp3) is 0.214. The van der Waals surface area contributed by atoms with E-state index in [1.807, 2.05) is 12.3 Å². The number of hydrogen-bond donors (Lipinski definition) is 0. The largest absolute Gasteiger partial charge is 0.368 e. The second kappa shape index (κ2) is 4.18. The number of pyridine rings is 1. The number of halogens is 1. The highest BCUT2D eigenvalue weighted by Crippen LogP contribution is 2.39. The Morgan fingerprint density at radius 2 is 1.83 bits per heavy atom. The topological polar surface area (TPSA) is 19.4 Å². The number of para-hydroxylation sites is 2. The molecule has 0 aliphatic carbocycles.